The summed E-state index contributed by atoms with van der Waals surface area (Å²) in [5.41, 5.74) is 1.76. The molecule has 8 nitrogen and oxygen atoms in total. The van der Waals surface area contributed by atoms with Gasteiger partial charge in [-0.25, -0.2) is 4.98 Å². The van der Waals surface area contributed by atoms with E-state index in [-0.39, 0.29) is 18.6 Å². The maximum absolute atomic E-state index is 13.7. The molecule has 2 saturated heterocycles. The van der Waals surface area contributed by atoms with Gasteiger partial charge in [0.05, 0.1) is 24.0 Å². The van der Waals surface area contributed by atoms with Crippen LogP contribution in [-0.4, -0.2) is 71.9 Å². The Labute approximate surface area is 189 Å². The van der Waals surface area contributed by atoms with Crippen molar-refractivity contribution in [1.82, 2.24) is 19.4 Å². The molecule has 0 radical (unpaired) electrons. The Bertz CT molecular complexity index is 990. The van der Waals surface area contributed by atoms with Gasteiger partial charge in [-0.15, -0.1) is 0 Å². The summed E-state index contributed by atoms with van der Waals surface area (Å²) in [5.74, 6) is 1.92. The molecule has 0 aliphatic carbocycles. The van der Waals surface area contributed by atoms with Crippen LogP contribution in [0.25, 0.3) is 0 Å². The average Bonchev–Trinajstić information content (AvgIpc) is 3.55. The molecule has 0 bridgehead atoms. The Kier molecular flexibility index (Phi) is 5.59. The molecule has 4 heterocycles. The van der Waals surface area contributed by atoms with Crippen molar-refractivity contribution < 1.29 is 19.0 Å². The zero-order chi connectivity index (χ0) is 22.3. The van der Waals surface area contributed by atoms with Crippen LogP contribution in [0.2, 0.25) is 0 Å². The minimum Gasteiger partial charge on any atom is -0.454 e. The molecule has 2 fully saturated rings. The third-order valence-corrected chi connectivity index (χ3v) is 7.14. The van der Waals surface area contributed by atoms with Crippen molar-refractivity contribution in [2.24, 2.45) is 5.41 Å². The molecule has 1 spiro atoms. The van der Waals surface area contributed by atoms with Gasteiger partial charge < -0.3 is 23.7 Å². The summed E-state index contributed by atoms with van der Waals surface area (Å²) < 4.78 is 18.4. The number of ether oxygens (including phenoxy) is 3. The second-order valence-corrected chi connectivity index (χ2v) is 9.44. The highest BCUT2D eigenvalue weighted by Crippen LogP contribution is 2.50. The first kappa shape index (κ1) is 21.3. The van der Waals surface area contributed by atoms with Crippen LogP contribution in [0.3, 0.4) is 0 Å². The van der Waals surface area contributed by atoms with E-state index in [4.69, 9.17) is 19.2 Å². The molecular weight excluding hydrogens is 408 g/mol. The summed E-state index contributed by atoms with van der Waals surface area (Å²) in [7, 11) is 1.68. The molecule has 3 aliphatic heterocycles. The summed E-state index contributed by atoms with van der Waals surface area (Å²) >= 11 is 0. The van der Waals surface area contributed by atoms with Gasteiger partial charge in [0.15, 0.2) is 11.5 Å². The van der Waals surface area contributed by atoms with Crippen LogP contribution in [0.4, 0.5) is 0 Å². The van der Waals surface area contributed by atoms with Gasteiger partial charge in [0, 0.05) is 58.0 Å². The van der Waals surface area contributed by atoms with E-state index in [0.29, 0.717) is 19.2 Å². The van der Waals surface area contributed by atoms with Crippen LogP contribution < -0.4 is 9.47 Å². The number of rotatable bonds is 7. The summed E-state index contributed by atoms with van der Waals surface area (Å²) in [6.45, 7) is 8.88. The van der Waals surface area contributed by atoms with Crippen LogP contribution in [0.5, 0.6) is 11.5 Å². The van der Waals surface area contributed by atoms with Crippen molar-refractivity contribution in [1.29, 1.82) is 0 Å². The Morgan fingerprint density at radius 1 is 1.28 bits per heavy atom. The minimum atomic E-state index is -0.430. The number of hydrogen-bond acceptors (Lipinski definition) is 6. The molecular formula is C24H32N4O4. The Morgan fingerprint density at radius 3 is 2.91 bits per heavy atom. The molecule has 5 rings (SSSR count). The van der Waals surface area contributed by atoms with Gasteiger partial charge in [0.2, 0.25) is 12.7 Å². The highest BCUT2D eigenvalue weighted by atomic mass is 16.7. The van der Waals surface area contributed by atoms with E-state index in [9.17, 15) is 4.79 Å². The number of carbonyl (C=O) groups is 1. The molecule has 8 heteroatoms. The monoisotopic (exact) mass is 440 g/mol. The lowest BCUT2D eigenvalue weighted by Crippen LogP contribution is -2.40. The van der Waals surface area contributed by atoms with Crippen LogP contribution in [-0.2, 0) is 16.1 Å². The first-order valence-electron chi connectivity index (χ1n) is 11.4. The maximum atomic E-state index is 13.7. The van der Waals surface area contributed by atoms with Crippen molar-refractivity contribution in [2.75, 3.05) is 46.7 Å². The number of aromatic nitrogens is 2. The highest BCUT2D eigenvalue weighted by molar-refractivity contribution is 5.86. The number of methoxy groups -OCH3 is 1. The van der Waals surface area contributed by atoms with E-state index in [0.717, 1.165) is 49.8 Å². The van der Waals surface area contributed by atoms with Crippen molar-refractivity contribution in [3.05, 3.63) is 42.0 Å². The quantitative estimate of drug-likeness (QED) is 0.659. The topological polar surface area (TPSA) is 69.1 Å². The van der Waals surface area contributed by atoms with Crippen molar-refractivity contribution >= 4 is 5.91 Å². The molecule has 1 aromatic carbocycles. The lowest BCUT2D eigenvalue weighted by Gasteiger charge is -2.28. The number of fused-ring (bicyclic) bond motifs is 1. The Balaban J connectivity index is 1.41. The zero-order valence-electron chi connectivity index (χ0n) is 19.1. The first-order valence-corrected chi connectivity index (χ1v) is 11.4. The lowest BCUT2D eigenvalue weighted by atomic mass is 9.75. The molecule has 2 aromatic rings. The number of carbonyl (C=O) groups excluding carboxylic acids is 1. The van der Waals surface area contributed by atoms with E-state index < -0.39 is 5.41 Å². The fourth-order valence-corrected chi connectivity index (χ4v) is 5.36. The predicted octanol–water partition coefficient (Wildman–Crippen LogP) is 2.66. The fraction of sp³-hybridized carbons (Fsp3) is 0.583. The number of amides is 1. The number of imidazole rings is 1. The maximum Gasteiger partial charge on any atom is 0.231 e. The van der Waals surface area contributed by atoms with E-state index >= 15 is 0 Å². The van der Waals surface area contributed by atoms with Crippen molar-refractivity contribution in [2.45, 2.75) is 38.8 Å². The third-order valence-electron chi connectivity index (χ3n) is 7.14. The van der Waals surface area contributed by atoms with Gasteiger partial charge in [-0.05, 0) is 38.0 Å². The molecule has 0 N–H and O–H groups in total. The number of nitrogens with zero attached hydrogens (tertiary/aromatic N) is 4. The predicted molar refractivity (Wildman–Crippen MR) is 119 cm³/mol. The summed E-state index contributed by atoms with van der Waals surface area (Å²) in [5, 5.41) is 0. The normalized spacial score (nSPS) is 25.1. The zero-order valence-corrected chi connectivity index (χ0v) is 19.1. The number of likely N-dealkylation sites (tertiary alicyclic amines) is 2. The summed E-state index contributed by atoms with van der Waals surface area (Å²) in [6.07, 6.45) is 4.88. The van der Waals surface area contributed by atoms with E-state index in [2.05, 4.69) is 41.6 Å². The minimum absolute atomic E-state index is 0.0801. The number of hydrogen-bond donors (Lipinski definition) is 0. The molecule has 1 aromatic heterocycles. The average molecular weight is 441 g/mol. The number of benzene rings is 1. The SMILES string of the molecule is COCCN1CCC2(CN(Cc3ccc4c(c3)OCO4)CC2c2cn(C(C)C)cn2)C1=O. The van der Waals surface area contributed by atoms with E-state index in [1.165, 1.54) is 5.56 Å². The van der Waals surface area contributed by atoms with Crippen LogP contribution in [0, 0.1) is 5.41 Å². The summed E-state index contributed by atoms with van der Waals surface area (Å²) in [6, 6.07) is 6.45. The van der Waals surface area contributed by atoms with Crippen LogP contribution in [0.1, 0.15) is 43.5 Å². The summed E-state index contributed by atoms with van der Waals surface area (Å²) in [4.78, 5) is 22.8. The molecule has 1 amide bonds. The smallest absolute Gasteiger partial charge is 0.231 e. The van der Waals surface area contributed by atoms with Gasteiger partial charge in [0.1, 0.15) is 0 Å². The molecule has 0 saturated carbocycles. The molecule has 172 valence electrons. The molecule has 3 aliphatic rings. The standard InChI is InChI=1S/C24H32N4O4/c1-17(2)28-13-20(25-15-28)19-12-26(11-18-4-5-21-22(10-18)32-16-31-21)14-24(19)6-7-27(23(24)29)8-9-30-3/h4-5,10,13,15,17,19H,6-9,11-12,14,16H2,1-3H3. The van der Waals surface area contributed by atoms with E-state index in [1.54, 1.807) is 7.11 Å². The van der Waals surface area contributed by atoms with Crippen molar-refractivity contribution in [3.8, 4) is 11.5 Å². The van der Waals surface area contributed by atoms with Gasteiger partial charge in [-0.2, -0.15) is 0 Å². The molecule has 2 atom stereocenters. The van der Waals surface area contributed by atoms with Crippen LogP contribution >= 0.6 is 0 Å². The molecule has 2 unspecified atom stereocenters. The largest absolute Gasteiger partial charge is 0.454 e. The third kappa shape index (κ3) is 3.65. The van der Waals surface area contributed by atoms with E-state index in [1.807, 2.05) is 17.3 Å². The van der Waals surface area contributed by atoms with Gasteiger partial charge in [0.25, 0.3) is 0 Å². The second kappa shape index (κ2) is 8.41. The van der Waals surface area contributed by atoms with Gasteiger partial charge in [-0.1, -0.05) is 6.07 Å². The van der Waals surface area contributed by atoms with Gasteiger partial charge >= 0.3 is 0 Å². The van der Waals surface area contributed by atoms with Crippen molar-refractivity contribution in [3.63, 3.8) is 0 Å². The first-order chi connectivity index (χ1) is 15.5. The van der Waals surface area contributed by atoms with Crippen LogP contribution in [0.15, 0.2) is 30.7 Å². The Hall–Kier alpha value is -2.58. The molecule has 32 heavy (non-hydrogen) atoms. The van der Waals surface area contributed by atoms with Gasteiger partial charge in [-0.3, -0.25) is 9.69 Å². The fourth-order valence-electron chi connectivity index (χ4n) is 5.36. The highest BCUT2D eigenvalue weighted by Gasteiger charge is 2.57. The Morgan fingerprint density at radius 2 is 2.12 bits per heavy atom. The second-order valence-electron chi connectivity index (χ2n) is 9.44. The lowest BCUT2D eigenvalue weighted by molar-refractivity contribution is -0.136.